The molecule has 1 heterocycles. The van der Waals surface area contributed by atoms with Crippen LogP contribution >= 0.6 is 0 Å². The molecule has 0 bridgehead atoms. The van der Waals surface area contributed by atoms with E-state index in [2.05, 4.69) is 29.4 Å². The number of unbranched alkanes of at least 4 members (excludes halogenated alkanes) is 5. The van der Waals surface area contributed by atoms with E-state index in [-0.39, 0.29) is 22.9 Å². The Morgan fingerprint density at radius 1 is 0.875 bits per heavy atom. The summed E-state index contributed by atoms with van der Waals surface area (Å²) in [7, 11) is 1.65. The monoisotopic (exact) mass is 654 g/mol. The van der Waals surface area contributed by atoms with Gasteiger partial charge >= 0.3 is 6.03 Å². The topological polar surface area (TPSA) is 138 Å². The number of phenolic OH excluding ortho intramolecular Hbond substituents is 1. The zero-order valence-corrected chi connectivity index (χ0v) is 28.5. The number of imide groups is 1. The molecule has 254 valence electrons. The fraction of sp³-hybridized carbons (Fsp3) is 0.405. The van der Waals surface area contributed by atoms with Crippen LogP contribution in [0.4, 0.5) is 10.5 Å². The summed E-state index contributed by atoms with van der Waals surface area (Å²) in [6.45, 7) is 8.77. The lowest BCUT2D eigenvalue weighted by molar-refractivity contribution is -0.118. The van der Waals surface area contributed by atoms with Crippen LogP contribution in [0.1, 0.15) is 94.1 Å². The van der Waals surface area contributed by atoms with Gasteiger partial charge in [0.25, 0.3) is 5.91 Å². The smallest absolute Gasteiger partial charge is 0.324 e. The Kier molecular flexibility index (Phi) is 12.1. The highest BCUT2D eigenvalue weighted by Gasteiger charge is 2.28. The van der Waals surface area contributed by atoms with E-state index < -0.39 is 17.4 Å². The van der Waals surface area contributed by atoms with Gasteiger partial charge in [0.2, 0.25) is 5.91 Å². The Labute approximate surface area is 281 Å². The maximum atomic E-state index is 13.4. The van der Waals surface area contributed by atoms with Crippen LogP contribution in [0, 0.1) is 0 Å². The van der Waals surface area contributed by atoms with E-state index in [0.29, 0.717) is 49.1 Å². The van der Waals surface area contributed by atoms with Crippen LogP contribution in [0.25, 0.3) is 16.7 Å². The van der Waals surface area contributed by atoms with Gasteiger partial charge in [-0.05, 0) is 68.1 Å². The van der Waals surface area contributed by atoms with E-state index in [1.54, 1.807) is 25.2 Å². The van der Waals surface area contributed by atoms with Crippen molar-refractivity contribution in [3.8, 4) is 11.4 Å². The van der Waals surface area contributed by atoms with Gasteiger partial charge in [-0.1, -0.05) is 63.4 Å². The maximum Gasteiger partial charge on any atom is 0.324 e. The van der Waals surface area contributed by atoms with E-state index in [1.165, 1.54) is 14.6 Å². The van der Waals surface area contributed by atoms with Gasteiger partial charge in [0.05, 0.1) is 5.69 Å². The van der Waals surface area contributed by atoms with Crippen LogP contribution in [-0.2, 0) is 15.0 Å². The molecule has 2 N–H and O–H groups in total. The molecule has 0 unspecified atom stereocenters. The number of aldehydes is 1. The average molecular weight is 655 g/mol. The minimum Gasteiger partial charge on any atom is -0.504 e. The largest absolute Gasteiger partial charge is 0.504 e. The first-order valence-corrected chi connectivity index (χ1v) is 16.6. The van der Waals surface area contributed by atoms with Gasteiger partial charge in [0, 0.05) is 44.0 Å². The number of fused-ring (bicyclic) bond motifs is 1. The molecule has 4 aromatic rings. The summed E-state index contributed by atoms with van der Waals surface area (Å²) in [6, 6.07) is 17.9. The molecule has 3 aromatic carbocycles. The number of rotatable bonds is 15. The molecule has 11 heteroatoms. The van der Waals surface area contributed by atoms with E-state index >= 15 is 0 Å². The quantitative estimate of drug-likeness (QED) is 0.110. The van der Waals surface area contributed by atoms with E-state index in [0.717, 1.165) is 43.1 Å². The number of urea groups is 1. The van der Waals surface area contributed by atoms with Crippen molar-refractivity contribution in [3.63, 3.8) is 0 Å². The van der Waals surface area contributed by atoms with E-state index in [9.17, 15) is 24.3 Å². The number of amides is 4. The Bertz CT molecular complexity index is 1750. The summed E-state index contributed by atoms with van der Waals surface area (Å²) in [4.78, 5) is 53.6. The SMILES string of the molecule is CCN(CC)C(=O)NC(=O)c1ccc2nn(-c3cc(C(C)(C)c4ccccc4)cc(N(C)C(=O)CCCCCCCC=O)c3O)nc2c1. The summed E-state index contributed by atoms with van der Waals surface area (Å²) in [6.07, 6.45) is 6.16. The lowest BCUT2D eigenvalue weighted by atomic mass is 9.77. The molecule has 0 saturated heterocycles. The second-order valence-electron chi connectivity index (χ2n) is 12.4. The molecule has 0 atom stereocenters. The fourth-order valence-electron chi connectivity index (χ4n) is 5.65. The van der Waals surface area contributed by atoms with Crippen LogP contribution in [0.5, 0.6) is 5.75 Å². The summed E-state index contributed by atoms with van der Waals surface area (Å²) in [5.41, 5.74) is 3.09. The number of aromatic nitrogens is 3. The van der Waals surface area contributed by atoms with Gasteiger partial charge in [0.15, 0.2) is 5.75 Å². The number of hydrogen-bond acceptors (Lipinski definition) is 7. The number of phenols is 1. The van der Waals surface area contributed by atoms with Gasteiger partial charge in [-0.2, -0.15) is 0 Å². The second-order valence-corrected chi connectivity index (χ2v) is 12.4. The second kappa shape index (κ2) is 16.2. The number of nitrogens with one attached hydrogen (secondary N) is 1. The standard InChI is InChI=1S/C37H46N6O5/c1-6-42(7-2)36(48)38-35(47)26-20-21-29-30(23-26)40-43(39-29)32-25-28(37(3,4)27-17-13-12-14-18-27)24-31(34(32)46)41(5)33(45)19-15-10-8-9-11-16-22-44/h12-14,17-18,20-25,46H,6-11,15-16,19H2,1-5H3,(H,38,47,48). The van der Waals surface area contributed by atoms with Gasteiger partial charge in [-0.25, -0.2) is 4.79 Å². The molecule has 0 radical (unpaired) electrons. The number of hydrogen-bond donors (Lipinski definition) is 2. The number of carbonyl (C=O) groups is 4. The van der Waals surface area contributed by atoms with Crippen LogP contribution in [0.15, 0.2) is 60.7 Å². The minimum absolute atomic E-state index is 0.132. The predicted octanol–water partition coefficient (Wildman–Crippen LogP) is 6.54. The first-order chi connectivity index (χ1) is 23.0. The van der Waals surface area contributed by atoms with Gasteiger partial charge in [0.1, 0.15) is 23.0 Å². The van der Waals surface area contributed by atoms with Gasteiger partial charge in [-0.3, -0.25) is 14.9 Å². The molecule has 0 saturated carbocycles. The molecule has 0 aliphatic rings. The third kappa shape index (κ3) is 8.26. The molecule has 1 aromatic heterocycles. The van der Waals surface area contributed by atoms with Crippen molar-refractivity contribution >= 4 is 40.9 Å². The normalized spacial score (nSPS) is 11.4. The number of aromatic hydroxyl groups is 1. The molecule has 48 heavy (non-hydrogen) atoms. The Hall–Kier alpha value is -5.06. The zero-order valence-electron chi connectivity index (χ0n) is 28.5. The molecule has 4 rings (SSSR count). The van der Waals surface area contributed by atoms with Crippen molar-refractivity contribution in [2.24, 2.45) is 0 Å². The zero-order chi connectivity index (χ0) is 34.8. The first-order valence-electron chi connectivity index (χ1n) is 16.6. The summed E-state index contributed by atoms with van der Waals surface area (Å²) < 4.78 is 0. The Morgan fingerprint density at radius 2 is 1.54 bits per heavy atom. The summed E-state index contributed by atoms with van der Waals surface area (Å²) in [5.74, 6) is -0.844. The highest BCUT2D eigenvalue weighted by molar-refractivity contribution is 6.05. The molecule has 0 aliphatic carbocycles. The number of anilines is 1. The lowest BCUT2D eigenvalue weighted by Gasteiger charge is -2.29. The number of carbonyl (C=O) groups excluding carboxylic acids is 4. The van der Waals surface area contributed by atoms with Gasteiger partial charge < -0.3 is 19.7 Å². The summed E-state index contributed by atoms with van der Waals surface area (Å²) >= 11 is 0. The third-order valence-electron chi connectivity index (χ3n) is 8.86. The highest BCUT2D eigenvalue weighted by Crippen LogP contribution is 2.41. The molecule has 0 spiro atoms. The van der Waals surface area contributed by atoms with Crippen molar-refractivity contribution in [3.05, 3.63) is 77.4 Å². The van der Waals surface area contributed by atoms with Crippen molar-refractivity contribution in [2.75, 3.05) is 25.0 Å². The van der Waals surface area contributed by atoms with Crippen molar-refractivity contribution in [2.45, 2.75) is 78.1 Å². The van der Waals surface area contributed by atoms with Crippen molar-refractivity contribution in [1.82, 2.24) is 25.2 Å². The van der Waals surface area contributed by atoms with Crippen molar-refractivity contribution in [1.29, 1.82) is 0 Å². The molecule has 4 amide bonds. The molecular formula is C37H46N6O5. The predicted molar refractivity (Wildman–Crippen MR) is 187 cm³/mol. The van der Waals surface area contributed by atoms with Crippen LogP contribution in [0.3, 0.4) is 0 Å². The number of benzene rings is 3. The van der Waals surface area contributed by atoms with Crippen LogP contribution in [0.2, 0.25) is 0 Å². The van der Waals surface area contributed by atoms with E-state index in [4.69, 9.17) is 0 Å². The van der Waals surface area contributed by atoms with E-state index in [1.807, 2.05) is 56.3 Å². The molecule has 0 aliphatic heterocycles. The lowest BCUT2D eigenvalue weighted by Crippen LogP contribution is -2.42. The highest BCUT2D eigenvalue weighted by atomic mass is 16.3. The Morgan fingerprint density at radius 3 is 2.23 bits per heavy atom. The first kappa shape index (κ1) is 35.8. The van der Waals surface area contributed by atoms with Crippen molar-refractivity contribution < 1.29 is 24.3 Å². The Balaban J connectivity index is 1.68. The average Bonchev–Trinajstić information content (AvgIpc) is 3.51. The van der Waals surface area contributed by atoms with Crippen LogP contribution in [-0.4, -0.2) is 69.3 Å². The third-order valence-corrected chi connectivity index (χ3v) is 8.86. The van der Waals surface area contributed by atoms with Crippen LogP contribution < -0.4 is 10.2 Å². The van der Waals surface area contributed by atoms with Gasteiger partial charge in [-0.15, -0.1) is 15.0 Å². The molecule has 11 nitrogen and oxygen atoms in total. The summed E-state index contributed by atoms with van der Waals surface area (Å²) in [5, 5.41) is 23.3. The molecule has 0 fully saturated rings. The minimum atomic E-state index is -0.554. The maximum absolute atomic E-state index is 13.4. The molecular weight excluding hydrogens is 608 g/mol. The fourth-order valence-corrected chi connectivity index (χ4v) is 5.65. The number of nitrogens with zero attached hydrogens (tertiary/aromatic N) is 5.